The monoisotopic (exact) mass is 500 g/mol. The fourth-order valence-corrected chi connectivity index (χ4v) is 5.63. The zero-order valence-corrected chi connectivity index (χ0v) is 21.4. The number of carbonyl (C=O) groups excluding carboxylic acids is 2. The molecule has 2 aliphatic heterocycles. The zero-order valence-electron chi connectivity index (χ0n) is 21.4. The zero-order chi connectivity index (χ0) is 25.9. The maximum atomic E-state index is 13.0. The molecule has 37 heavy (non-hydrogen) atoms. The van der Waals surface area contributed by atoms with Crippen molar-refractivity contribution < 1.29 is 19.1 Å². The minimum Gasteiger partial charge on any atom is -0.496 e. The van der Waals surface area contributed by atoms with Gasteiger partial charge in [0.1, 0.15) is 17.3 Å². The number of rotatable bonds is 7. The Morgan fingerprint density at radius 3 is 2.27 bits per heavy atom. The molecule has 3 heterocycles. The third kappa shape index (κ3) is 4.96. The molecule has 192 valence electrons. The molecule has 5 rings (SSSR count). The lowest BCUT2D eigenvalue weighted by atomic mass is 9.96. The number of nitrogens with one attached hydrogen (secondary N) is 2. The van der Waals surface area contributed by atoms with Crippen molar-refractivity contribution in [3.8, 4) is 11.5 Å². The van der Waals surface area contributed by atoms with E-state index in [1.165, 1.54) is 0 Å². The largest absolute Gasteiger partial charge is 0.496 e. The van der Waals surface area contributed by atoms with Crippen LogP contribution in [-0.2, 0) is 0 Å². The number of ether oxygens (including phenoxy) is 2. The number of nitrogens with zero attached hydrogens (tertiary/aromatic N) is 2. The van der Waals surface area contributed by atoms with Crippen LogP contribution < -0.4 is 25.0 Å². The smallest absolute Gasteiger partial charge is 0.257 e. The van der Waals surface area contributed by atoms with E-state index in [1.807, 2.05) is 49.4 Å². The Balaban J connectivity index is 1.23. The van der Waals surface area contributed by atoms with Gasteiger partial charge < -0.3 is 25.0 Å². The molecule has 0 saturated carbocycles. The van der Waals surface area contributed by atoms with Gasteiger partial charge in [0, 0.05) is 35.4 Å². The Kier molecular flexibility index (Phi) is 6.99. The van der Waals surface area contributed by atoms with Gasteiger partial charge in [-0.2, -0.15) is 0 Å². The molecule has 8 heteroatoms. The summed E-state index contributed by atoms with van der Waals surface area (Å²) in [6.07, 6.45) is 5.48. The number of methoxy groups -OCH3 is 2. The average Bonchev–Trinajstić information content (AvgIpc) is 3.19. The second-order valence-corrected chi connectivity index (χ2v) is 9.63. The van der Waals surface area contributed by atoms with Crippen molar-refractivity contribution in [2.45, 2.75) is 50.7 Å². The number of carbonyl (C=O) groups is 2. The van der Waals surface area contributed by atoms with Gasteiger partial charge in [-0.1, -0.05) is 18.2 Å². The highest BCUT2D eigenvalue weighted by Gasteiger charge is 2.42. The number of hydrogen-bond donors (Lipinski definition) is 2. The molecule has 8 nitrogen and oxygen atoms in total. The van der Waals surface area contributed by atoms with Gasteiger partial charge in [0.25, 0.3) is 11.8 Å². The van der Waals surface area contributed by atoms with Gasteiger partial charge in [-0.25, -0.2) is 4.98 Å². The Morgan fingerprint density at radius 1 is 0.892 bits per heavy atom. The quantitative estimate of drug-likeness (QED) is 0.493. The van der Waals surface area contributed by atoms with E-state index < -0.39 is 0 Å². The predicted molar refractivity (Wildman–Crippen MR) is 143 cm³/mol. The van der Waals surface area contributed by atoms with Gasteiger partial charge in [0.2, 0.25) is 0 Å². The highest BCUT2D eigenvalue weighted by molar-refractivity contribution is 6.05. The lowest BCUT2D eigenvalue weighted by molar-refractivity contribution is 0.0925. The molecule has 2 atom stereocenters. The van der Waals surface area contributed by atoms with E-state index in [4.69, 9.17) is 9.47 Å². The second kappa shape index (κ2) is 10.5. The molecule has 2 N–H and O–H groups in total. The first-order chi connectivity index (χ1) is 18.0. The normalized spacial score (nSPS) is 20.3. The molecule has 0 spiro atoms. The molecule has 2 bridgehead atoms. The Bertz CT molecular complexity index is 1280. The topological polar surface area (TPSA) is 92.8 Å². The van der Waals surface area contributed by atoms with Crippen molar-refractivity contribution in [2.75, 3.05) is 24.4 Å². The number of anilines is 2. The molecule has 2 unspecified atom stereocenters. The summed E-state index contributed by atoms with van der Waals surface area (Å²) in [5, 5.41) is 6.14. The molecule has 1 aromatic heterocycles. The van der Waals surface area contributed by atoms with Gasteiger partial charge in [-0.15, -0.1) is 0 Å². The summed E-state index contributed by atoms with van der Waals surface area (Å²) in [6, 6.07) is 17.3. The van der Waals surface area contributed by atoms with Crippen molar-refractivity contribution in [3.05, 3.63) is 77.5 Å². The number of hydrogen-bond acceptors (Lipinski definition) is 6. The molecule has 2 aromatic carbocycles. The van der Waals surface area contributed by atoms with Crippen LogP contribution in [0, 0.1) is 6.92 Å². The van der Waals surface area contributed by atoms with Crippen molar-refractivity contribution in [1.29, 1.82) is 0 Å². The first-order valence-electron chi connectivity index (χ1n) is 12.6. The fourth-order valence-electron chi connectivity index (χ4n) is 5.63. The van der Waals surface area contributed by atoms with Gasteiger partial charge in [-0.05, 0) is 69.0 Å². The van der Waals surface area contributed by atoms with Crippen molar-refractivity contribution in [3.63, 3.8) is 0 Å². The van der Waals surface area contributed by atoms with Crippen LogP contribution in [0.3, 0.4) is 0 Å². The van der Waals surface area contributed by atoms with E-state index in [0.29, 0.717) is 40.4 Å². The van der Waals surface area contributed by atoms with E-state index in [-0.39, 0.29) is 17.9 Å². The summed E-state index contributed by atoms with van der Waals surface area (Å²) in [6.45, 7) is 1.91. The van der Waals surface area contributed by atoms with E-state index in [2.05, 4.69) is 20.5 Å². The molecule has 2 aliphatic rings. The van der Waals surface area contributed by atoms with Gasteiger partial charge >= 0.3 is 0 Å². The van der Waals surface area contributed by atoms with E-state index in [0.717, 1.165) is 37.1 Å². The van der Waals surface area contributed by atoms with Crippen LogP contribution in [0.15, 0.2) is 60.8 Å². The molecule has 2 saturated heterocycles. The number of amides is 2. The van der Waals surface area contributed by atoms with Crippen molar-refractivity contribution in [2.24, 2.45) is 0 Å². The van der Waals surface area contributed by atoms with Crippen LogP contribution in [-0.4, -0.2) is 49.1 Å². The summed E-state index contributed by atoms with van der Waals surface area (Å²) in [4.78, 5) is 32.8. The summed E-state index contributed by atoms with van der Waals surface area (Å²) >= 11 is 0. The van der Waals surface area contributed by atoms with Crippen LogP contribution >= 0.6 is 0 Å². The maximum Gasteiger partial charge on any atom is 0.257 e. The van der Waals surface area contributed by atoms with E-state index in [1.54, 1.807) is 32.5 Å². The highest BCUT2D eigenvalue weighted by Crippen LogP contribution is 2.39. The Labute approximate surface area is 217 Å². The summed E-state index contributed by atoms with van der Waals surface area (Å²) < 4.78 is 10.7. The average molecular weight is 501 g/mol. The summed E-state index contributed by atoms with van der Waals surface area (Å²) in [5.41, 5.74) is 2.60. The number of pyridine rings is 1. The number of benzene rings is 2. The molecule has 0 aliphatic carbocycles. The number of piperidine rings is 1. The van der Waals surface area contributed by atoms with Crippen molar-refractivity contribution in [1.82, 2.24) is 10.3 Å². The molecule has 3 aromatic rings. The minimum absolute atomic E-state index is 0.0576. The van der Waals surface area contributed by atoms with E-state index in [9.17, 15) is 9.59 Å². The summed E-state index contributed by atoms with van der Waals surface area (Å²) in [5.74, 6) is 1.90. The number of aromatic nitrogens is 1. The predicted octanol–water partition coefficient (Wildman–Crippen LogP) is 4.59. The lowest BCUT2D eigenvalue weighted by Gasteiger charge is -2.40. The van der Waals surface area contributed by atoms with Crippen LogP contribution in [0.1, 0.15) is 52.0 Å². The van der Waals surface area contributed by atoms with Crippen LogP contribution in [0.25, 0.3) is 0 Å². The minimum atomic E-state index is -0.235. The van der Waals surface area contributed by atoms with Gasteiger partial charge in [-0.3, -0.25) is 9.59 Å². The van der Waals surface area contributed by atoms with Gasteiger partial charge in [0.05, 0.1) is 25.5 Å². The third-order valence-electron chi connectivity index (χ3n) is 7.45. The molecular weight excluding hydrogens is 468 g/mol. The lowest BCUT2D eigenvalue weighted by Crippen LogP contribution is -2.50. The summed E-state index contributed by atoms with van der Waals surface area (Å²) in [7, 11) is 3.19. The number of fused-ring (bicyclic) bond motifs is 2. The SMILES string of the molecule is COc1ccccc1NC(=O)c1ccc(N2C3CCC2CC(NC(=O)c2cccc(OC)c2C)C3)nc1. The molecular formula is C29H32N4O4. The molecule has 2 fully saturated rings. The Morgan fingerprint density at radius 2 is 1.59 bits per heavy atom. The Hall–Kier alpha value is -4.07. The number of para-hydroxylation sites is 2. The first kappa shape index (κ1) is 24.6. The molecule has 2 amide bonds. The second-order valence-electron chi connectivity index (χ2n) is 9.63. The van der Waals surface area contributed by atoms with Gasteiger partial charge in [0.15, 0.2) is 0 Å². The molecule has 0 radical (unpaired) electrons. The van der Waals surface area contributed by atoms with Crippen molar-refractivity contribution >= 4 is 23.3 Å². The first-order valence-corrected chi connectivity index (χ1v) is 12.6. The highest BCUT2D eigenvalue weighted by atomic mass is 16.5. The van der Waals surface area contributed by atoms with E-state index >= 15 is 0 Å². The standard InChI is InChI=1S/C29H32N4O4/c1-18-23(7-6-10-25(18)36-2)29(35)31-20-15-21-12-13-22(16-20)33(21)27-14-11-19(17-30-27)28(34)32-24-8-4-5-9-26(24)37-3/h4-11,14,17,20-22H,12-13,15-16H2,1-3H3,(H,31,35)(H,32,34). The van der Waals surface area contributed by atoms with Crippen LogP contribution in [0.2, 0.25) is 0 Å². The maximum absolute atomic E-state index is 13.0. The van der Waals surface area contributed by atoms with Crippen LogP contribution in [0.4, 0.5) is 11.5 Å². The fraction of sp³-hybridized carbons (Fsp3) is 0.345. The third-order valence-corrected chi connectivity index (χ3v) is 7.45. The van der Waals surface area contributed by atoms with Crippen LogP contribution in [0.5, 0.6) is 11.5 Å².